The fraction of sp³-hybridized carbons (Fsp3) is 0.900. The van der Waals surface area contributed by atoms with E-state index in [1.54, 1.807) is 6.08 Å². The van der Waals surface area contributed by atoms with Crippen LogP contribution in [0.15, 0.2) is 12.7 Å². The van der Waals surface area contributed by atoms with Crippen molar-refractivity contribution in [2.24, 2.45) is 22.7 Å². The summed E-state index contributed by atoms with van der Waals surface area (Å²) in [4.78, 5) is 0. The van der Waals surface area contributed by atoms with Gasteiger partial charge in [-0.2, -0.15) is 0 Å². The highest BCUT2D eigenvalue weighted by Crippen LogP contribution is 2.65. The molecule has 0 aromatic heterocycles. The van der Waals surface area contributed by atoms with Gasteiger partial charge in [0.15, 0.2) is 0 Å². The Morgan fingerprint density at radius 2 is 1.73 bits per heavy atom. The predicted octanol–water partition coefficient (Wildman–Crippen LogP) is 4.71. The molecule has 2 aliphatic carbocycles. The quantitative estimate of drug-likeness (QED) is 0.711. The molecule has 1 heterocycles. The van der Waals surface area contributed by atoms with Gasteiger partial charge in [0.2, 0.25) is 0 Å². The molecule has 0 spiro atoms. The standard InChI is InChI=1S/C20H34O2/c1-7-19(5)16(21)13-15-18(4)11-8-10-17(2,3)14(18)9-12-20(15,6)22-19/h7,14-16,21H,1,8-13H2,2-6H3/t14-,15+,16+,18-,19-,20-/m0/s1. The monoisotopic (exact) mass is 306 g/mol. The van der Waals surface area contributed by atoms with Crippen molar-refractivity contribution in [2.45, 2.75) is 90.4 Å². The van der Waals surface area contributed by atoms with Crippen LogP contribution in [0, 0.1) is 22.7 Å². The fourth-order valence-corrected chi connectivity index (χ4v) is 6.45. The van der Waals surface area contributed by atoms with Crippen LogP contribution >= 0.6 is 0 Å². The molecule has 6 atom stereocenters. The number of hydrogen-bond donors (Lipinski definition) is 1. The molecule has 3 fully saturated rings. The van der Waals surface area contributed by atoms with Crippen LogP contribution in [0.4, 0.5) is 0 Å². The lowest BCUT2D eigenvalue weighted by Crippen LogP contribution is -2.65. The fourth-order valence-electron chi connectivity index (χ4n) is 6.45. The van der Waals surface area contributed by atoms with Gasteiger partial charge in [0, 0.05) is 0 Å². The minimum Gasteiger partial charge on any atom is -0.390 e. The number of aliphatic hydroxyl groups is 1. The Morgan fingerprint density at radius 3 is 2.36 bits per heavy atom. The zero-order chi connectivity index (χ0) is 16.4. The van der Waals surface area contributed by atoms with Crippen molar-refractivity contribution >= 4 is 0 Å². The van der Waals surface area contributed by atoms with Crippen molar-refractivity contribution in [3.63, 3.8) is 0 Å². The maximum absolute atomic E-state index is 10.7. The van der Waals surface area contributed by atoms with Crippen LogP contribution in [0.1, 0.15) is 73.1 Å². The zero-order valence-electron chi connectivity index (χ0n) is 15.1. The Labute approximate surface area is 136 Å². The lowest BCUT2D eigenvalue weighted by Gasteiger charge is -2.65. The van der Waals surface area contributed by atoms with E-state index in [9.17, 15) is 5.11 Å². The van der Waals surface area contributed by atoms with E-state index in [2.05, 4.69) is 34.3 Å². The van der Waals surface area contributed by atoms with Gasteiger partial charge in [0.25, 0.3) is 0 Å². The van der Waals surface area contributed by atoms with E-state index in [1.807, 2.05) is 6.92 Å². The van der Waals surface area contributed by atoms with E-state index in [4.69, 9.17) is 4.74 Å². The first-order chi connectivity index (χ1) is 10.1. The number of aliphatic hydroxyl groups excluding tert-OH is 1. The molecule has 0 amide bonds. The van der Waals surface area contributed by atoms with Gasteiger partial charge in [-0.25, -0.2) is 0 Å². The number of ether oxygens (including phenoxy) is 1. The summed E-state index contributed by atoms with van der Waals surface area (Å²) in [6.45, 7) is 15.6. The third kappa shape index (κ3) is 2.13. The SMILES string of the molecule is C=C[C@]1(C)O[C@@]2(C)CC[C@H]3C(C)(C)CCC[C@]3(C)[C@H]2C[C@H]1O. The van der Waals surface area contributed by atoms with Crippen LogP contribution in [-0.2, 0) is 4.74 Å². The summed E-state index contributed by atoms with van der Waals surface area (Å²) in [5, 5.41) is 10.7. The summed E-state index contributed by atoms with van der Waals surface area (Å²) in [5.41, 5.74) is -0.0177. The van der Waals surface area contributed by atoms with Crippen LogP contribution in [0.3, 0.4) is 0 Å². The zero-order valence-corrected chi connectivity index (χ0v) is 15.1. The Morgan fingerprint density at radius 1 is 1.05 bits per heavy atom. The molecule has 126 valence electrons. The first-order valence-electron chi connectivity index (χ1n) is 9.09. The second-order valence-corrected chi connectivity index (χ2v) is 9.55. The van der Waals surface area contributed by atoms with Gasteiger partial charge in [0.05, 0.1) is 11.7 Å². The molecule has 3 rings (SSSR count). The normalized spacial score (nSPS) is 54.2. The molecule has 2 heteroatoms. The molecule has 1 N–H and O–H groups in total. The molecule has 1 aliphatic heterocycles. The smallest absolute Gasteiger partial charge is 0.110 e. The minimum absolute atomic E-state index is 0.124. The number of rotatable bonds is 1. The highest BCUT2D eigenvalue weighted by molar-refractivity contribution is 5.15. The van der Waals surface area contributed by atoms with Gasteiger partial charge in [-0.3, -0.25) is 0 Å². The van der Waals surface area contributed by atoms with Crippen molar-refractivity contribution in [1.29, 1.82) is 0 Å². The van der Waals surface area contributed by atoms with E-state index in [0.717, 1.165) is 18.8 Å². The third-order valence-electron chi connectivity index (χ3n) is 7.72. The first-order valence-corrected chi connectivity index (χ1v) is 9.09. The average Bonchev–Trinajstić information content (AvgIpc) is 2.40. The molecule has 0 aromatic rings. The largest absolute Gasteiger partial charge is 0.390 e. The first kappa shape index (κ1) is 16.5. The Bertz CT molecular complexity index is 470. The lowest BCUT2D eigenvalue weighted by atomic mass is 9.44. The maximum atomic E-state index is 10.7. The summed E-state index contributed by atoms with van der Waals surface area (Å²) in [7, 11) is 0. The van der Waals surface area contributed by atoms with Crippen molar-refractivity contribution < 1.29 is 9.84 Å². The van der Waals surface area contributed by atoms with Crippen LogP contribution in [-0.4, -0.2) is 22.4 Å². The molecular weight excluding hydrogens is 272 g/mol. The van der Waals surface area contributed by atoms with Gasteiger partial charge in [-0.15, -0.1) is 6.58 Å². The second kappa shape index (κ2) is 4.83. The van der Waals surface area contributed by atoms with E-state index >= 15 is 0 Å². The second-order valence-electron chi connectivity index (χ2n) is 9.55. The van der Waals surface area contributed by atoms with Crippen LogP contribution in [0.2, 0.25) is 0 Å². The molecule has 0 radical (unpaired) electrons. The van der Waals surface area contributed by atoms with E-state index < -0.39 is 11.7 Å². The summed E-state index contributed by atoms with van der Waals surface area (Å²) < 4.78 is 6.54. The maximum Gasteiger partial charge on any atom is 0.110 e. The number of fused-ring (bicyclic) bond motifs is 3. The summed E-state index contributed by atoms with van der Waals surface area (Å²) in [6, 6.07) is 0. The van der Waals surface area contributed by atoms with Gasteiger partial charge in [0.1, 0.15) is 5.60 Å². The van der Waals surface area contributed by atoms with Crippen molar-refractivity contribution in [1.82, 2.24) is 0 Å². The van der Waals surface area contributed by atoms with Gasteiger partial charge in [-0.1, -0.05) is 33.3 Å². The summed E-state index contributed by atoms with van der Waals surface area (Å²) in [5.74, 6) is 1.19. The number of hydrogen-bond acceptors (Lipinski definition) is 2. The van der Waals surface area contributed by atoms with E-state index in [1.165, 1.54) is 25.7 Å². The van der Waals surface area contributed by atoms with Crippen molar-refractivity contribution in [3.05, 3.63) is 12.7 Å². The van der Waals surface area contributed by atoms with Gasteiger partial charge < -0.3 is 9.84 Å². The van der Waals surface area contributed by atoms with Gasteiger partial charge in [-0.05, 0) is 68.6 Å². The van der Waals surface area contributed by atoms with E-state index in [-0.39, 0.29) is 11.0 Å². The molecular formula is C20H34O2. The summed E-state index contributed by atoms with van der Waals surface area (Å²) in [6.07, 6.45) is 8.50. The molecule has 2 nitrogen and oxygen atoms in total. The topological polar surface area (TPSA) is 29.5 Å². The molecule has 0 bridgehead atoms. The predicted molar refractivity (Wildman–Crippen MR) is 90.7 cm³/mol. The average molecular weight is 306 g/mol. The third-order valence-corrected chi connectivity index (χ3v) is 7.72. The Hall–Kier alpha value is -0.340. The lowest BCUT2D eigenvalue weighted by molar-refractivity contribution is -0.281. The van der Waals surface area contributed by atoms with Crippen LogP contribution in [0.25, 0.3) is 0 Å². The minimum atomic E-state index is -0.599. The highest BCUT2D eigenvalue weighted by Gasteiger charge is 2.62. The highest BCUT2D eigenvalue weighted by atomic mass is 16.5. The van der Waals surface area contributed by atoms with Crippen LogP contribution < -0.4 is 0 Å². The van der Waals surface area contributed by atoms with Crippen molar-refractivity contribution in [2.75, 3.05) is 0 Å². The molecule has 2 saturated carbocycles. The Balaban J connectivity index is 1.98. The molecule has 22 heavy (non-hydrogen) atoms. The van der Waals surface area contributed by atoms with Crippen LogP contribution in [0.5, 0.6) is 0 Å². The molecule has 3 aliphatic rings. The molecule has 1 saturated heterocycles. The van der Waals surface area contributed by atoms with Crippen molar-refractivity contribution in [3.8, 4) is 0 Å². The molecule has 0 aromatic carbocycles. The van der Waals surface area contributed by atoms with E-state index in [0.29, 0.717) is 11.3 Å². The van der Waals surface area contributed by atoms with Gasteiger partial charge >= 0.3 is 0 Å². The summed E-state index contributed by atoms with van der Waals surface area (Å²) >= 11 is 0. The Kier molecular flexibility index (Phi) is 3.63. The molecule has 0 unspecified atom stereocenters.